The highest BCUT2D eigenvalue weighted by molar-refractivity contribution is 8.46. The highest BCUT2D eigenvalue weighted by Gasteiger charge is 2.77. The molecule has 248 valence electrons. The van der Waals surface area contributed by atoms with Crippen molar-refractivity contribution >= 4 is 35.9 Å². The van der Waals surface area contributed by atoms with Crippen molar-refractivity contribution in [3.8, 4) is 0 Å². The van der Waals surface area contributed by atoms with Gasteiger partial charge in [-0.2, -0.15) is 0 Å². The zero-order chi connectivity index (χ0) is 32.7. The maximum Gasteiger partial charge on any atom is 0.332 e. The largest absolute Gasteiger partial charge is 0.533 e. The Labute approximate surface area is 272 Å². The van der Waals surface area contributed by atoms with Crippen LogP contribution in [-0.2, 0) is 22.5 Å². The third kappa shape index (κ3) is 4.24. The number of ether oxygens (including phenoxy) is 1. The van der Waals surface area contributed by atoms with E-state index in [0.29, 0.717) is 45.4 Å². The van der Waals surface area contributed by atoms with Crippen molar-refractivity contribution in [2.75, 3.05) is 7.11 Å². The van der Waals surface area contributed by atoms with Gasteiger partial charge in [-0.25, -0.2) is 4.79 Å². The minimum atomic E-state index is -4.44. The molecule has 0 radical (unpaired) electrons. The summed E-state index contributed by atoms with van der Waals surface area (Å²) in [4.78, 5) is 25.0. The van der Waals surface area contributed by atoms with Crippen LogP contribution in [0.2, 0.25) is 39.3 Å². The fourth-order valence-corrected chi connectivity index (χ4v) is 26.7. The summed E-state index contributed by atoms with van der Waals surface area (Å²) >= 11 is 0. The lowest BCUT2D eigenvalue weighted by atomic mass is 9.47. The Balaban J connectivity index is 1.72. The second-order valence-corrected chi connectivity index (χ2v) is 35.3. The number of aromatic amines is 1. The van der Waals surface area contributed by atoms with E-state index in [0.717, 1.165) is 12.8 Å². The predicted octanol–water partition coefficient (Wildman–Crippen LogP) is 8.65. The molecular formula is C36H56N2O4SSi2. The van der Waals surface area contributed by atoms with E-state index in [4.69, 9.17) is 14.2 Å². The normalized spacial score (nSPS) is 36.0. The standard InChI is InChI=1S/C36H56N2O4SSi2/c1-34-22-13-17-28(34)27-19-20-30-35(2,29(27)21-23-34)25-36(33(39)41-3,32(38-30)42-44(4,5)6)43(40,45(7,8)9,31-18-14-24-37-31)26-15-11-10-12-16-26/h10-12,14-16,18,24,27-30,37H,13,17,19-23,25H2,1-9H3/t27-,28-,29+,30?,34-,35+,36?/m0/s1. The van der Waals surface area contributed by atoms with E-state index in [2.05, 4.69) is 58.1 Å². The molecular weight excluding hydrogens is 613 g/mol. The summed E-state index contributed by atoms with van der Waals surface area (Å²) in [5.41, 5.74) is 0.0765. The molecule has 6 rings (SSSR count). The Morgan fingerprint density at radius 1 is 0.933 bits per heavy atom. The number of esters is 1. The number of aromatic nitrogens is 1. The van der Waals surface area contributed by atoms with Crippen LogP contribution in [0.1, 0.15) is 65.2 Å². The van der Waals surface area contributed by atoms with E-state index in [-0.39, 0.29) is 11.5 Å². The van der Waals surface area contributed by atoms with E-state index >= 15 is 9.00 Å². The van der Waals surface area contributed by atoms with Crippen LogP contribution in [0.25, 0.3) is 0 Å². The summed E-state index contributed by atoms with van der Waals surface area (Å²) in [5.74, 6) is 1.61. The number of nitrogens with one attached hydrogen (secondary N) is 1. The molecule has 1 aromatic carbocycles. The topological polar surface area (TPSA) is 80.8 Å². The van der Waals surface area contributed by atoms with Crippen molar-refractivity contribution in [3.63, 3.8) is 0 Å². The molecule has 2 unspecified atom stereocenters. The smallest absolute Gasteiger partial charge is 0.332 e. The number of nitrogens with zero attached hydrogens (tertiary/aromatic N) is 1. The van der Waals surface area contributed by atoms with E-state index < -0.39 is 34.8 Å². The average Bonchev–Trinajstić information content (AvgIpc) is 3.66. The Hall–Kier alpha value is -1.98. The van der Waals surface area contributed by atoms with Crippen molar-refractivity contribution in [2.24, 2.45) is 33.6 Å². The van der Waals surface area contributed by atoms with Crippen molar-refractivity contribution in [3.05, 3.63) is 48.7 Å². The zero-order valence-corrected chi connectivity index (χ0v) is 31.9. The monoisotopic (exact) mass is 668 g/mol. The maximum absolute atomic E-state index is 17.8. The number of carbonyl (C=O) groups excluding carboxylic acids is 1. The molecule has 45 heavy (non-hydrogen) atoms. The molecule has 3 fully saturated rings. The first-order valence-corrected chi connectivity index (χ1v) is 26.8. The molecule has 7 atom stereocenters. The first kappa shape index (κ1) is 32.9. The first-order chi connectivity index (χ1) is 21.0. The summed E-state index contributed by atoms with van der Waals surface area (Å²) in [6.07, 6.45) is 10.7. The summed E-state index contributed by atoms with van der Waals surface area (Å²) < 4.78 is 29.2. The maximum atomic E-state index is 17.8. The van der Waals surface area contributed by atoms with E-state index in [1.807, 2.05) is 48.7 Å². The average molecular weight is 669 g/mol. The fraction of sp³-hybridized carbons (Fsp3) is 0.667. The third-order valence-electron chi connectivity index (χ3n) is 12.8. The SMILES string of the molecule is COC(=O)C1(S(=O)(c2ccccc2)(c2ccc[nH]2)[Si](C)(C)C)C[C@@]2(C)C(CC[C@@H]3[C@H]2CC[C@]2(C)CCC[C@@H]32)N=C1O[Si](C)(C)C. The van der Waals surface area contributed by atoms with Gasteiger partial charge in [0.2, 0.25) is 13.1 Å². The summed E-state index contributed by atoms with van der Waals surface area (Å²) in [6.45, 7) is 17.8. The van der Waals surface area contributed by atoms with Crippen LogP contribution in [0, 0.1) is 28.6 Å². The van der Waals surface area contributed by atoms with Gasteiger partial charge in [-0.05, 0) is 126 Å². The number of benzene rings is 1. The molecule has 0 saturated heterocycles. The van der Waals surface area contributed by atoms with Gasteiger partial charge in [-0.3, -0.25) is 9.20 Å². The van der Waals surface area contributed by atoms with Crippen molar-refractivity contribution in [1.82, 2.24) is 4.98 Å². The first-order valence-electron chi connectivity index (χ1n) is 17.2. The van der Waals surface area contributed by atoms with E-state index in [1.165, 1.54) is 39.2 Å². The van der Waals surface area contributed by atoms with E-state index in [9.17, 15) is 0 Å². The second kappa shape index (κ2) is 10.5. The lowest BCUT2D eigenvalue weighted by Gasteiger charge is -2.66. The molecule has 1 N–H and O–H groups in total. The van der Waals surface area contributed by atoms with Gasteiger partial charge in [0.1, 0.15) is 7.22 Å². The van der Waals surface area contributed by atoms with Crippen molar-refractivity contribution < 1.29 is 18.2 Å². The van der Waals surface area contributed by atoms with Gasteiger partial charge in [0.15, 0.2) is 5.90 Å². The lowest BCUT2D eigenvalue weighted by molar-refractivity contribution is -0.145. The van der Waals surface area contributed by atoms with Crippen LogP contribution in [-0.4, -0.2) is 54.5 Å². The molecule has 0 bridgehead atoms. The number of hydrogen-bond acceptors (Lipinski definition) is 5. The van der Waals surface area contributed by atoms with Gasteiger partial charge in [-0.1, -0.05) is 58.1 Å². The molecule has 0 spiro atoms. The lowest BCUT2D eigenvalue weighted by Crippen LogP contribution is -2.78. The van der Waals surface area contributed by atoms with Crippen molar-refractivity contribution in [2.45, 2.75) is 125 Å². The molecule has 3 saturated carbocycles. The Bertz CT molecular complexity index is 1550. The van der Waals surface area contributed by atoms with Gasteiger partial charge >= 0.3 is 5.97 Å². The minimum Gasteiger partial charge on any atom is -0.533 e. The number of fused-ring (bicyclic) bond motifs is 5. The van der Waals surface area contributed by atoms with Crippen LogP contribution in [0.3, 0.4) is 0 Å². The number of H-pyrrole nitrogens is 1. The minimum absolute atomic E-state index is 0.0136. The molecule has 1 aromatic heterocycles. The van der Waals surface area contributed by atoms with Crippen LogP contribution in [0.4, 0.5) is 0 Å². The Morgan fingerprint density at radius 2 is 1.64 bits per heavy atom. The molecule has 9 heteroatoms. The molecule has 3 aliphatic carbocycles. The Kier molecular flexibility index (Phi) is 7.70. The highest BCUT2D eigenvalue weighted by atomic mass is 32.5. The zero-order valence-electron chi connectivity index (χ0n) is 29.1. The predicted molar refractivity (Wildman–Crippen MR) is 189 cm³/mol. The molecule has 2 heterocycles. The van der Waals surface area contributed by atoms with Gasteiger partial charge in [0, 0.05) is 11.1 Å². The number of carbonyl (C=O) groups is 1. The molecule has 2 aromatic rings. The summed E-state index contributed by atoms with van der Waals surface area (Å²) in [6, 6.07) is 13.7. The van der Waals surface area contributed by atoms with Gasteiger partial charge in [0.05, 0.1) is 18.2 Å². The van der Waals surface area contributed by atoms with Crippen LogP contribution in [0.15, 0.2) is 63.6 Å². The molecule has 4 aliphatic rings. The molecule has 0 amide bonds. The van der Waals surface area contributed by atoms with Crippen LogP contribution >= 0.6 is 0 Å². The van der Waals surface area contributed by atoms with Gasteiger partial charge < -0.3 is 14.1 Å². The number of rotatable bonds is 6. The summed E-state index contributed by atoms with van der Waals surface area (Å²) in [7, 11) is -8.28. The summed E-state index contributed by atoms with van der Waals surface area (Å²) in [5, 5.41) is 0.607. The number of hydrogen-bond donors (Lipinski definition) is 1. The highest BCUT2D eigenvalue weighted by Crippen LogP contribution is 2.70. The van der Waals surface area contributed by atoms with Crippen LogP contribution in [0.5, 0.6) is 0 Å². The molecule has 1 aliphatic heterocycles. The number of methoxy groups -OCH3 is 1. The van der Waals surface area contributed by atoms with E-state index in [1.54, 1.807) is 0 Å². The third-order valence-corrected chi connectivity index (χ3v) is 29.4. The van der Waals surface area contributed by atoms with Crippen LogP contribution < -0.4 is 0 Å². The van der Waals surface area contributed by atoms with Gasteiger partial charge in [-0.15, -0.1) is 0 Å². The Morgan fingerprint density at radius 3 is 2.24 bits per heavy atom. The quantitative estimate of drug-likeness (QED) is 0.247. The fourth-order valence-electron chi connectivity index (χ4n) is 10.9. The van der Waals surface area contributed by atoms with Crippen molar-refractivity contribution in [1.29, 1.82) is 0 Å². The molecule has 6 nitrogen and oxygen atoms in total. The number of aliphatic imine (C=N–C) groups is 1. The van der Waals surface area contributed by atoms with Gasteiger partial charge in [0.25, 0.3) is 0 Å². The second-order valence-electron chi connectivity index (χ2n) is 17.1.